The summed E-state index contributed by atoms with van der Waals surface area (Å²) in [6.45, 7) is 6.32. The van der Waals surface area contributed by atoms with E-state index in [1.165, 1.54) is 4.31 Å². The van der Waals surface area contributed by atoms with Gasteiger partial charge < -0.3 is 5.11 Å². The Morgan fingerprint density at radius 3 is 2.52 bits per heavy atom. The zero-order chi connectivity index (χ0) is 16.0. The number of hydrogen-bond acceptors (Lipinski definition) is 3. The summed E-state index contributed by atoms with van der Waals surface area (Å²) in [6, 6.07) is 4.95. The molecule has 1 rings (SSSR count). The molecule has 0 saturated carbocycles. The third-order valence-corrected chi connectivity index (χ3v) is 4.81. The van der Waals surface area contributed by atoms with Crippen molar-refractivity contribution in [2.75, 3.05) is 20.2 Å². The van der Waals surface area contributed by atoms with Crippen molar-refractivity contribution in [1.82, 2.24) is 4.31 Å². The number of nitrogens with zero attached hydrogens (tertiary/aromatic N) is 1. The molecule has 21 heavy (non-hydrogen) atoms. The summed E-state index contributed by atoms with van der Waals surface area (Å²) < 4.78 is 26.3. The number of rotatable bonds is 5. The van der Waals surface area contributed by atoms with E-state index < -0.39 is 10.0 Å². The first-order valence-corrected chi connectivity index (χ1v) is 8.39. The maximum Gasteiger partial charge on any atom is 0.242 e. The van der Waals surface area contributed by atoms with Crippen molar-refractivity contribution < 1.29 is 13.5 Å². The smallest absolute Gasteiger partial charge is 0.242 e. The van der Waals surface area contributed by atoms with Crippen molar-refractivity contribution in [3.05, 3.63) is 29.3 Å². The Kier molecular flexibility index (Phi) is 6.41. The molecule has 0 heterocycles. The average molecular weight is 309 g/mol. The van der Waals surface area contributed by atoms with Crippen LogP contribution in [0.1, 0.15) is 31.4 Å². The minimum Gasteiger partial charge on any atom is -0.395 e. The Hall–Kier alpha value is -1.35. The maximum atomic E-state index is 12.4. The fraction of sp³-hybridized carbons (Fsp3) is 0.500. The van der Waals surface area contributed by atoms with Gasteiger partial charge in [-0.25, -0.2) is 12.7 Å². The largest absolute Gasteiger partial charge is 0.395 e. The predicted octanol–water partition coefficient (Wildman–Crippen LogP) is 2.01. The van der Waals surface area contributed by atoms with E-state index >= 15 is 0 Å². The van der Waals surface area contributed by atoms with Crippen LogP contribution in [0.3, 0.4) is 0 Å². The van der Waals surface area contributed by atoms with Gasteiger partial charge in [0.15, 0.2) is 0 Å². The summed E-state index contributed by atoms with van der Waals surface area (Å²) in [5, 5.41) is 8.71. The number of benzene rings is 1. The molecular formula is C16H23NO3S. The molecule has 1 aromatic rings. The second kappa shape index (κ2) is 7.60. The summed E-state index contributed by atoms with van der Waals surface area (Å²) in [5.41, 5.74) is 1.60. The molecule has 0 saturated heterocycles. The molecular weight excluding hydrogens is 286 g/mol. The topological polar surface area (TPSA) is 57.6 Å². The van der Waals surface area contributed by atoms with Gasteiger partial charge in [0.05, 0.1) is 11.5 Å². The highest BCUT2D eigenvalue weighted by Crippen LogP contribution is 2.19. The minimum atomic E-state index is -3.45. The molecule has 0 spiro atoms. The van der Waals surface area contributed by atoms with E-state index in [0.29, 0.717) is 13.0 Å². The van der Waals surface area contributed by atoms with Crippen LogP contribution in [0, 0.1) is 24.7 Å². The molecule has 0 fully saturated rings. The molecule has 0 radical (unpaired) electrons. The summed E-state index contributed by atoms with van der Waals surface area (Å²) in [7, 11) is -1.86. The van der Waals surface area contributed by atoms with E-state index in [2.05, 4.69) is 11.8 Å². The monoisotopic (exact) mass is 309 g/mol. The first-order valence-electron chi connectivity index (χ1n) is 6.95. The molecule has 0 atom stereocenters. The molecule has 1 aromatic carbocycles. The molecule has 0 amide bonds. The lowest BCUT2D eigenvalue weighted by atomic mass is 10.1. The SMILES string of the molecule is Cc1cc(S(=O)(=O)N(C)CC(C)C)ccc1C#CCCO. The Morgan fingerprint density at radius 2 is 2.00 bits per heavy atom. The zero-order valence-electron chi connectivity index (χ0n) is 13.0. The van der Waals surface area contributed by atoms with Gasteiger partial charge in [-0.3, -0.25) is 0 Å². The van der Waals surface area contributed by atoms with Crippen molar-refractivity contribution >= 4 is 10.0 Å². The van der Waals surface area contributed by atoms with Crippen molar-refractivity contribution in [2.24, 2.45) is 5.92 Å². The summed E-state index contributed by atoms with van der Waals surface area (Å²) in [6.07, 6.45) is 0.413. The summed E-state index contributed by atoms with van der Waals surface area (Å²) in [4.78, 5) is 0.288. The molecule has 0 aliphatic heterocycles. The van der Waals surface area contributed by atoms with Crippen LogP contribution in [0.2, 0.25) is 0 Å². The van der Waals surface area contributed by atoms with E-state index in [1.54, 1.807) is 25.2 Å². The third-order valence-electron chi connectivity index (χ3n) is 2.99. The predicted molar refractivity (Wildman–Crippen MR) is 84.4 cm³/mol. The van der Waals surface area contributed by atoms with Gasteiger partial charge in [0.2, 0.25) is 10.0 Å². The van der Waals surface area contributed by atoms with E-state index in [4.69, 9.17) is 5.11 Å². The van der Waals surface area contributed by atoms with Gasteiger partial charge in [0, 0.05) is 25.6 Å². The van der Waals surface area contributed by atoms with Crippen molar-refractivity contribution in [3.63, 3.8) is 0 Å². The number of sulfonamides is 1. The van der Waals surface area contributed by atoms with Gasteiger partial charge in [-0.15, -0.1) is 0 Å². The molecule has 0 unspecified atom stereocenters. The molecule has 116 valence electrons. The Labute approximate surface area is 127 Å². The normalized spacial score (nSPS) is 11.6. The van der Waals surface area contributed by atoms with Crippen molar-refractivity contribution in [2.45, 2.75) is 32.1 Å². The van der Waals surface area contributed by atoms with Gasteiger partial charge >= 0.3 is 0 Å². The number of aliphatic hydroxyl groups is 1. The fourth-order valence-electron chi connectivity index (χ4n) is 1.94. The lowest BCUT2D eigenvalue weighted by Gasteiger charge is -2.19. The van der Waals surface area contributed by atoms with Gasteiger partial charge in [-0.2, -0.15) is 0 Å². The summed E-state index contributed by atoms with van der Waals surface area (Å²) >= 11 is 0. The van der Waals surface area contributed by atoms with E-state index in [1.807, 2.05) is 20.8 Å². The molecule has 0 aliphatic carbocycles. The lowest BCUT2D eigenvalue weighted by Crippen LogP contribution is -2.30. The van der Waals surface area contributed by atoms with E-state index in [0.717, 1.165) is 11.1 Å². The molecule has 5 heteroatoms. The van der Waals surface area contributed by atoms with Crippen LogP contribution in [0.4, 0.5) is 0 Å². The van der Waals surface area contributed by atoms with Crippen LogP contribution in [-0.2, 0) is 10.0 Å². The fourth-order valence-corrected chi connectivity index (χ4v) is 3.36. The zero-order valence-corrected chi connectivity index (χ0v) is 13.9. The first-order chi connectivity index (χ1) is 9.78. The standard InChI is InChI=1S/C16H23NO3S/c1-13(2)12-17(4)21(19,20)16-9-8-15(14(3)11-16)7-5-6-10-18/h8-9,11,13,18H,6,10,12H2,1-4H3. The van der Waals surface area contributed by atoms with Crippen LogP contribution < -0.4 is 0 Å². The lowest BCUT2D eigenvalue weighted by molar-refractivity contribution is 0.305. The van der Waals surface area contributed by atoms with Crippen LogP contribution in [0.15, 0.2) is 23.1 Å². The van der Waals surface area contributed by atoms with Gasteiger partial charge in [0.25, 0.3) is 0 Å². The highest BCUT2D eigenvalue weighted by molar-refractivity contribution is 7.89. The minimum absolute atomic E-state index is 0.0263. The van der Waals surface area contributed by atoms with Gasteiger partial charge in [0.1, 0.15) is 0 Å². The van der Waals surface area contributed by atoms with Gasteiger partial charge in [-0.1, -0.05) is 25.7 Å². The second-order valence-corrected chi connectivity index (χ2v) is 7.48. The Bertz CT molecular complexity index is 639. The molecule has 0 bridgehead atoms. The molecule has 4 nitrogen and oxygen atoms in total. The van der Waals surface area contributed by atoms with Crippen molar-refractivity contribution in [1.29, 1.82) is 0 Å². The average Bonchev–Trinajstić information content (AvgIpc) is 2.39. The number of aliphatic hydroxyl groups excluding tert-OH is 1. The molecule has 0 aromatic heterocycles. The quantitative estimate of drug-likeness (QED) is 0.847. The number of hydrogen-bond donors (Lipinski definition) is 1. The van der Waals surface area contributed by atoms with Crippen LogP contribution >= 0.6 is 0 Å². The number of aryl methyl sites for hydroxylation is 1. The van der Waals surface area contributed by atoms with E-state index in [-0.39, 0.29) is 17.4 Å². The highest BCUT2D eigenvalue weighted by Gasteiger charge is 2.21. The van der Waals surface area contributed by atoms with Crippen LogP contribution in [0.5, 0.6) is 0 Å². The van der Waals surface area contributed by atoms with Gasteiger partial charge in [-0.05, 0) is 36.6 Å². The molecule has 1 N–H and O–H groups in total. The summed E-state index contributed by atoms with van der Waals surface area (Å²) in [5.74, 6) is 6.05. The second-order valence-electron chi connectivity index (χ2n) is 5.43. The molecule has 0 aliphatic rings. The Balaban J connectivity index is 3.06. The highest BCUT2D eigenvalue weighted by atomic mass is 32.2. The maximum absolute atomic E-state index is 12.4. The van der Waals surface area contributed by atoms with Crippen molar-refractivity contribution in [3.8, 4) is 11.8 Å². The Morgan fingerprint density at radius 1 is 1.33 bits per heavy atom. The van der Waals surface area contributed by atoms with Crippen LogP contribution in [-0.4, -0.2) is 38.0 Å². The van der Waals surface area contributed by atoms with Crippen LogP contribution in [0.25, 0.3) is 0 Å². The third kappa shape index (κ3) is 4.85. The van der Waals surface area contributed by atoms with E-state index in [9.17, 15) is 8.42 Å². The first kappa shape index (κ1) is 17.7.